The van der Waals surface area contributed by atoms with E-state index in [0.717, 1.165) is 56.8 Å². The fourth-order valence-corrected chi connectivity index (χ4v) is 4.16. The Morgan fingerprint density at radius 1 is 1.00 bits per heavy atom. The van der Waals surface area contributed by atoms with Crippen LogP contribution >= 0.6 is 0 Å². The second-order valence-corrected chi connectivity index (χ2v) is 8.01. The third kappa shape index (κ3) is 3.49. The SMILES string of the molecule is CCc1nc2c(C)cc(C)nc2n1Cc1ccc2nc(C(O)c3ccccc3)[nH]c2c1. The van der Waals surface area contributed by atoms with E-state index in [9.17, 15) is 5.11 Å². The first kappa shape index (κ1) is 19.5. The molecule has 0 saturated carbocycles. The Hall–Kier alpha value is -3.51. The monoisotopic (exact) mass is 411 g/mol. The smallest absolute Gasteiger partial charge is 0.160 e. The predicted octanol–water partition coefficient (Wildman–Crippen LogP) is 4.62. The molecule has 0 aliphatic rings. The van der Waals surface area contributed by atoms with E-state index in [4.69, 9.17) is 9.97 Å². The molecule has 0 fully saturated rings. The van der Waals surface area contributed by atoms with Crippen LogP contribution in [0.5, 0.6) is 0 Å². The van der Waals surface area contributed by atoms with Gasteiger partial charge in [-0.15, -0.1) is 0 Å². The molecule has 6 heteroatoms. The van der Waals surface area contributed by atoms with Gasteiger partial charge in [0.15, 0.2) is 5.65 Å². The van der Waals surface area contributed by atoms with Gasteiger partial charge in [-0.3, -0.25) is 0 Å². The molecule has 0 radical (unpaired) electrons. The summed E-state index contributed by atoms with van der Waals surface area (Å²) in [6.45, 7) is 6.91. The zero-order chi connectivity index (χ0) is 21.5. The highest BCUT2D eigenvalue weighted by Gasteiger charge is 2.16. The Balaban J connectivity index is 1.52. The first-order valence-corrected chi connectivity index (χ1v) is 10.6. The molecule has 0 saturated heterocycles. The van der Waals surface area contributed by atoms with Gasteiger partial charge in [-0.25, -0.2) is 15.0 Å². The van der Waals surface area contributed by atoms with Crippen molar-refractivity contribution >= 4 is 22.2 Å². The minimum atomic E-state index is -0.781. The molecule has 3 heterocycles. The summed E-state index contributed by atoms with van der Waals surface area (Å²) in [6.07, 6.45) is 0.0608. The Kier molecular flexibility index (Phi) is 4.79. The fourth-order valence-electron chi connectivity index (χ4n) is 4.16. The average molecular weight is 412 g/mol. The summed E-state index contributed by atoms with van der Waals surface area (Å²) in [6, 6.07) is 17.8. The van der Waals surface area contributed by atoms with Crippen LogP contribution in [0.25, 0.3) is 22.2 Å². The number of aryl methyl sites for hydroxylation is 3. The van der Waals surface area contributed by atoms with Gasteiger partial charge < -0.3 is 14.7 Å². The van der Waals surface area contributed by atoms with Crippen LogP contribution in [0.3, 0.4) is 0 Å². The van der Waals surface area contributed by atoms with Crippen molar-refractivity contribution in [3.8, 4) is 0 Å². The van der Waals surface area contributed by atoms with Gasteiger partial charge in [0.1, 0.15) is 23.3 Å². The van der Waals surface area contributed by atoms with Gasteiger partial charge in [-0.1, -0.05) is 43.3 Å². The fraction of sp³-hybridized carbons (Fsp3) is 0.240. The maximum Gasteiger partial charge on any atom is 0.160 e. The van der Waals surface area contributed by atoms with Crippen molar-refractivity contribution in [3.63, 3.8) is 0 Å². The van der Waals surface area contributed by atoms with Crippen molar-refractivity contribution in [2.75, 3.05) is 0 Å². The molecule has 1 unspecified atom stereocenters. The lowest BCUT2D eigenvalue weighted by molar-refractivity contribution is 0.211. The van der Waals surface area contributed by atoms with Gasteiger partial charge in [0.05, 0.1) is 17.6 Å². The van der Waals surface area contributed by atoms with Gasteiger partial charge in [0.2, 0.25) is 0 Å². The Bertz CT molecular complexity index is 1380. The second kappa shape index (κ2) is 7.63. The first-order chi connectivity index (χ1) is 15.0. The maximum absolute atomic E-state index is 10.7. The largest absolute Gasteiger partial charge is 0.380 e. The molecule has 156 valence electrons. The van der Waals surface area contributed by atoms with E-state index in [0.29, 0.717) is 12.4 Å². The molecule has 5 rings (SSSR count). The summed E-state index contributed by atoms with van der Waals surface area (Å²) in [5.41, 5.74) is 7.74. The number of fused-ring (bicyclic) bond motifs is 2. The molecule has 0 spiro atoms. The normalized spacial score (nSPS) is 12.6. The van der Waals surface area contributed by atoms with E-state index in [1.807, 2.05) is 43.3 Å². The molecular formula is C25H25N5O. The number of hydrogen-bond acceptors (Lipinski definition) is 4. The van der Waals surface area contributed by atoms with Gasteiger partial charge >= 0.3 is 0 Å². The number of aromatic nitrogens is 5. The molecular weight excluding hydrogens is 386 g/mol. The molecule has 6 nitrogen and oxygen atoms in total. The molecule has 0 bridgehead atoms. The lowest BCUT2D eigenvalue weighted by Gasteiger charge is -2.08. The number of hydrogen-bond donors (Lipinski definition) is 2. The average Bonchev–Trinajstić information content (AvgIpc) is 3.35. The van der Waals surface area contributed by atoms with E-state index in [2.05, 4.69) is 46.6 Å². The zero-order valence-electron chi connectivity index (χ0n) is 17.9. The molecule has 3 aromatic heterocycles. The number of benzene rings is 2. The number of nitrogens with zero attached hydrogens (tertiary/aromatic N) is 4. The van der Waals surface area contributed by atoms with Crippen molar-refractivity contribution in [1.29, 1.82) is 0 Å². The number of aromatic amines is 1. The van der Waals surface area contributed by atoms with Crippen LogP contribution in [0.15, 0.2) is 54.6 Å². The number of nitrogens with one attached hydrogen (secondary N) is 1. The number of pyridine rings is 1. The highest BCUT2D eigenvalue weighted by Crippen LogP contribution is 2.25. The van der Waals surface area contributed by atoms with Crippen molar-refractivity contribution < 1.29 is 5.11 Å². The quantitative estimate of drug-likeness (QED) is 0.442. The van der Waals surface area contributed by atoms with E-state index in [1.54, 1.807) is 0 Å². The lowest BCUT2D eigenvalue weighted by Crippen LogP contribution is -2.05. The van der Waals surface area contributed by atoms with Crippen LogP contribution in [0.1, 0.15) is 47.1 Å². The summed E-state index contributed by atoms with van der Waals surface area (Å²) in [4.78, 5) is 17.5. The number of H-pyrrole nitrogens is 1. The zero-order valence-corrected chi connectivity index (χ0v) is 17.9. The third-order valence-corrected chi connectivity index (χ3v) is 5.70. The standard InChI is InChI=1S/C25H25N5O/c1-4-21-29-22-15(2)12-16(3)26-25(22)30(21)14-17-10-11-19-20(13-17)28-24(27-19)23(31)18-8-6-5-7-9-18/h5-13,23,31H,4,14H2,1-3H3,(H,27,28). The Morgan fingerprint density at radius 2 is 1.81 bits per heavy atom. The molecule has 31 heavy (non-hydrogen) atoms. The van der Waals surface area contributed by atoms with Crippen LogP contribution in [0.2, 0.25) is 0 Å². The predicted molar refractivity (Wildman–Crippen MR) is 122 cm³/mol. The maximum atomic E-state index is 10.7. The van der Waals surface area contributed by atoms with Crippen LogP contribution in [-0.4, -0.2) is 29.6 Å². The summed E-state index contributed by atoms with van der Waals surface area (Å²) in [7, 11) is 0. The van der Waals surface area contributed by atoms with E-state index in [-0.39, 0.29) is 0 Å². The van der Waals surface area contributed by atoms with E-state index in [1.165, 1.54) is 0 Å². The van der Waals surface area contributed by atoms with Gasteiger partial charge in [0.25, 0.3) is 0 Å². The van der Waals surface area contributed by atoms with E-state index >= 15 is 0 Å². The van der Waals surface area contributed by atoms with Crippen molar-refractivity contribution in [3.05, 3.63) is 88.6 Å². The second-order valence-electron chi connectivity index (χ2n) is 8.01. The number of aliphatic hydroxyl groups excluding tert-OH is 1. The number of imidazole rings is 2. The molecule has 2 N–H and O–H groups in total. The van der Waals surface area contributed by atoms with Crippen LogP contribution in [-0.2, 0) is 13.0 Å². The topological polar surface area (TPSA) is 79.6 Å². The summed E-state index contributed by atoms with van der Waals surface area (Å²) in [5, 5.41) is 10.7. The third-order valence-electron chi connectivity index (χ3n) is 5.70. The van der Waals surface area contributed by atoms with Crippen molar-refractivity contribution in [1.82, 2.24) is 24.5 Å². The van der Waals surface area contributed by atoms with Crippen molar-refractivity contribution in [2.45, 2.75) is 39.8 Å². The summed E-state index contributed by atoms with van der Waals surface area (Å²) in [5.74, 6) is 1.58. The van der Waals surface area contributed by atoms with E-state index < -0.39 is 6.10 Å². The molecule has 0 aliphatic carbocycles. The van der Waals surface area contributed by atoms with Crippen LogP contribution in [0.4, 0.5) is 0 Å². The summed E-state index contributed by atoms with van der Waals surface area (Å²) >= 11 is 0. The van der Waals surface area contributed by atoms with Gasteiger partial charge in [-0.05, 0) is 48.7 Å². The summed E-state index contributed by atoms with van der Waals surface area (Å²) < 4.78 is 2.20. The molecule has 0 amide bonds. The van der Waals surface area contributed by atoms with Gasteiger partial charge in [-0.2, -0.15) is 0 Å². The minimum absolute atomic E-state index is 0.550. The number of rotatable bonds is 5. The number of aliphatic hydroxyl groups is 1. The molecule has 5 aromatic rings. The highest BCUT2D eigenvalue weighted by atomic mass is 16.3. The minimum Gasteiger partial charge on any atom is -0.380 e. The van der Waals surface area contributed by atoms with Crippen molar-refractivity contribution in [2.24, 2.45) is 0 Å². The van der Waals surface area contributed by atoms with Crippen LogP contribution in [0, 0.1) is 13.8 Å². The molecule has 0 aliphatic heterocycles. The van der Waals surface area contributed by atoms with Crippen LogP contribution < -0.4 is 0 Å². The Labute approximate surface area is 180 Å². The molecule has 1 atom stereocenters. The first-order valence-electron chi connectivity index (χ1n) is 10.6. The van der Waals surface area contributed by atoms with Gasteiger partial charge in [0, 0.05) is 12.1 Å². The lowest BCUT2D eigenvalue weighted by atomic mass is 10.1. The highest BCUT2D eigenvalue weighted by molar-refractivity contribution is 5.77. The Morgan fingerprint density at radius 3 is 2.58 bits per heavy atom. The molecule has 2 aromatic carbocycles.